The minimum atomic E-state index is -4.27. The van der Waals surface area contributed by atoms with Crippen molar-refractivity contribution in [1.82, 2.24) is 0 Å². The highest BCUT2D eigenvalue weighted by Crippen LogP contribution is 2.24. The van der Waals surface area contributed by atoms with Crippen LogP contribution in [0.4, 0.5) is 11.4 Å². The van der Waals surface area contributed by atoms with Crippen molar-refractivity contribution in [3.05, 3.63) is 93.5 Å². The van der Waals surface area contributed by atoms with Crippen LogP contribution in [0.15, 0.2) is 71.6 Å². The smallest absolute Gasteiger partial charge is 0.339 e. The summed E-state index contributed by atoms with van der Waals surface area (Å²) in [6.45, 7) is 3.91. The van der Waals surface area contributed by atoms with E-state index in [-0.39, 0.29) is 22.2 Å². The number of nitro groups is 1. The standard InChI is InChI=1S/C22H20N2O6S/c1-3-16-7-4-6-15(2)21(16)23-22(25)17-10-12-19(13-11-17)30-31(28,29)20-9-5-8-18(14-20)24(26)27/h4-14H,3H2,1-2H3,(H,23,25). The number of hydrogen-bond donors (Lipinski definition) is 1. The Bertz CT molecular complexity index is 1240. The quantitative estimate of drug-likeness (QED) is 0.329. The number of hydrogen-bond acceptors (Lipinski definition) is 6. The van der Waals surface area contributed by atoms with Crippen LogP contribution in [0.5, 0.6) is 5.75 Å². The molecule has 0 fully saturated rings. The van der Waals surface area contributed by atoms with Crippen molar-refractivity contribution in [1.29, 1.82) is 0 Å². The molecule has 0 radical (unpaired) electrons. The highest BCUT2D eigenvalue weighted by atomic mass is 32.2. The summed E-state index contributed by atoms with van der Waals surface area (Å²) < 4.78 is 29.9. The summed E-state index contributed by atoms with van der Waals surface area (Å²) in [5.41, 5.74) is 2.67. The molecule has 9 heteroatoms. The van der Waals surface area contributed by atoms with Gasteiger partial charge in [0.05, 0.1) is 4.92 Å². The van der Waals surface area contributed by atoms with Crippen molar-refractivity contribution in [3.8, 4) is 5.75 Å². The molecule has 8 nitrogen and oxygen atoms in total. The van der Waals surface area contributed by atoms with Crippen LogP contribution >= 0.6 is 0 Å². The van der Waals surface area contributed by atoms with E-state index in [9.17, 15) is 23.3 Å². The lowest BCUT2D eigenvalue weighted by Gasteiger charge is -2.13. The molecule has 0 saturated carbocycles. The third-order valence-corrected chi connectivity index (χ3v) is 5.86. The van der Waals surface area contributed by atoms with E-state index in [1.807, 2.05) is 32.0 Å². The number of non-ortho nitro benzene ring substituents is 1. The Labute approximate surface area is 179 Å². The summed E-state index contributed by atoms with van der Waals surface area (Å²) in [6, 6.07) is 15.9. The molecule has 160 valence electrons. The summed E-state index contributed by atoms with van der Waals surface area (Å²) in [5, 5.41) is 13.8. The molecule has 3 aromatic rings. The molecule has 3 aromatic carbocycles. The number of benzene rings is 3. The molecule has 0 aliphatic carbocycles. The molecule has 1 N–H and O–H groups in total. The van der Waals surface area contributed by atoms with Crippen LogP contribution in [-0.4, -0.2) is 19.2 Å². The van der Waals surface area contributed by atoms with E-state index in [0.29, 0.717) is 5.56 Å². The normalized spacial score (nSPS) is 11.0. The average Bonchev–Trinajstić information content (AvgIpc) is 2.75. The van der Waals surface area contributed by atoms with E-state index in [0.717, 1.165) is 29.3 Å². The molecule has 0 atom stereocenters. The molecular weight excluding hydrogens is 420 g/mol. The summed E-state index contributed by atoms with van der Waals surface area (Å²) in [5.74, 6) is -0.356. The monoisotopic (exact) mass is 440 g/mol. The van der Waals surface area contributed by atoms with Gasteiger partial charge in [-0.15, -0.1) is 0 Å². The number of carbonyl (C=O) groups is 1. The lowest BCUT2D eigenvalue weighted by Crippen LogP contribution is -2.14. The van der Waals surface area contributed by atoms with Crippen LogP contribution in [0.2, 0.25) is 0 Å². The number of amides is 1. The van der Waals surface area contributed by atoms with Gasteiger partial charge in [-0.2, -0.15) is 8.42 Å². The van der Waals surface area contributed by atoms with Crippen LogP contribution in [0.25, 0.3) is 0 Å². The number of nitrogens with zero attached hydrogens (tertiary/aromatic N) is 1. The van der Waals surface area contributed by atoms with Gasteiger partial charge in [0.2, 0.25) is 0 Å². The van der Waals surface area contributed by atoms with Crippen molar-refractivity contribution >= 4 is 27.4 Å². The molecule has 31 heavy (non-hydrogen) atoms. The fourth-order valence-corrected chi connectivity index (χ4v) is 3.95. The predicted octanol–water partition coefficient (Wildman–Crippen LogP) is 4.49. The Balaban J connectivity index is 1.77. The molecule has 0 aromatic heterocycles. The van der Waals surface area contributed by atoms with Gasteiger partial charge in [-0.3, -0.25) is 14.9 Å². The molecular formula is C22H20N2O6S. The minimum Gasteiger partial charge on any atom is -0.379 e. The topological polar surface area (TPSA) is 116 Å². The van der Waals surface area contributed by atoms with Crippen LogP contribution < -0.4 is 9.50 Å². The second-order valence-corrected chi connectivity index (χ2v) is 8.28. The van der Waals surface area contributed by atoms with Crippen molar-refractivity contribution in [3.63, 3.8) is 0 Å². The Hall–Kier alpha value is -3.72. The van der Waals surface area contributed by atoms with Crippen LogP contribution in [0.3, 0.4) is 0 Å². The lowest BCUT2D eigenvalue weighted by molar-refractivity contribution is -0.385. The van der Waals surface area contributed by atoms with Crippen molar-refractivity contribution in [2.45, 2.75) is 25.2 Å². The molecule has 0 heterocycles. The third kappa shape index (κ3) is 5.07. The molecule has 1 amide bonds. The maximum absolute atomic E-state index is 12.6. The van der Waals surface area contributed by atoms with Crippen molar-refractivity contribution < 1.29 is 22.3 Å². The maximum Gasteiger partial charge on any atom is 0.339 e. The van der Waals surface area contributed by atoms with E-state index in [4.69, 9.17) is 4.18 Å². The van der Waals surface area contributed by atoms with Crippen LogP contribution in [-0.2, 0) is 16.5 Å². The second kappa shape index (κ2) is 8.97. The largest absolute Gasteiger partial charge is 0.379 e. The summed E-state index contributed by atoms with van der Waals surface area (Å²) in [6.07, 6.45) is 0.763. The third-order valence-electron chi connectivity index (χ3n) is 4.62. The van der Waals surface area contributed by atoms with Gasteiger partial charge in [-0.05, 0) is 54.8 Å². The lowest BCUT2D eigenvalue weighted by atomic mass is 10.1. The SMILES string of the molecule is CCc1cccc(C)c1NC(=O)c1ccc(OS(=O)(=O)c2cccc([N+](=O)[O-])c2)cc1. The first-order valence-electron chi connectivity index (χ1n) is 9.40. The van der Waals surface area contributed by atoms with Gasteiger partial charge in [-0.1, -0.05) is 31.2 Å². The first-order chi connectivity index (χ1) is 14.7. The van der Waals surface area contributed by atoms with Gasteiger partial charge < -0.3 is 9.50 Å². The molecule has 3 rings (SSSR count). The van der Waals surface area contributed by atoms with E-state index < -0.39 is 15.0 Å². The predicted molar refractivity (Wildman–Crippen MR) is 116 cm³/mol. The fourth-order valence-electron chi connectivity index (χ4n) is 2.98. The van der Waals surface area contributed by atoms with Gasteiger partial charge in [0.1, 0.15) is 10.6 Å². The number of nitro benzene ring substituents is 1. The Kier molecular flexibility index (Phi) is 6.36. The number of para-hydroxylation sites is 1. The van der Waals surface area contributed by atoms with Crippen LogP contribution in [0, 0.1) is 17.0 Å². The first-order valence-corrected chi connectivity index (χ1v) is 10.8. The molecule has 0 aliphatic rings. The van der Waals surface area contributed by atoms with Gasteiger partial charge in [0.15, 0.2) is 0 Å². The zero-order valence-electron chi connectivity index (χ0n) is 16.9. The molecule has 0 saturated heterocycles. The first kappa shape index (κ1) is 22.0. The summed E-state index contributed by atoms with van der Waals surface area (Å²) in [4.78, 5) is 22.5. The van der Waals surface area contributed by atoms with Gasteiger partial charge >= 0.3 is 10.1 Å². The molecule has 0 spiro atoms. The van der Waals surface area contributed by atoms with Crippen LogP contribution in [0.1, 0.15) is 28.4 Å². The maximum atomic E-state index is 12.6. The molecule has 0 bridgehead atoms. The van der Waals surface area contributed by atoms with Crippen molar-refractivity contribution in [2.75, 3.05) is 5.32 Å². The zero-order valence-corrected chi connectivity index (χ0v) is 17.7. The Morgan fingerprint density at radius 1 is 1.06 bits per heavy atom. The Morgan fingerprint density at radius 2 is 1.74 bits per heavy atom. The summed E-state index contributed by atoms with van der Waals surface area (Å²) >= 11 is 0. The highest BCUT2D eigenvalue weighted by Gasteiger charge is 2.20. The van der Waals surface area contributed by atoms with Gasteiger partial charge in [0, 0.05) is 23.4 Å². The number of carbonyl (C=O) groups excluding carboxylic acids is 1. The molecule has 0 unspecified atom stereocenters. The number of anilines is 1. The van der Waals surface area contributed by atoms with Crippen molar-refractivity contribution in [2.24, 2.45) is 0 Å². The fraction of sp³-hybridized carbons (Fsp3) is 0.136. The number of rotatable bonds is 7. The van der Waals surface area contributed by atoms with Gasteiger partial charge in [0.25, 0.3) is 11.6 Å². The summed E-state index contributed by atoms with van der Waals surface area (Å²) in [7, 11) is -4.27. The average molecular weight is 440 g/mol. The zero-order chi connectivity index (χ0) is 22.6. The molecule has 0 aliphatic heterocycles. The minimum absolute atomic E-state index is 0.0202. The van der Waals surface area contributed by atoms with E-state index in [1.165, 1.54) is 42.5 Å². The number of aryl methyl sites for hydroxylation is 2. The van der Waals surface area contributed by atoms with E-state index in [1.54, 1.807) is 0 Å². The Morgan fingerprint density at radius 3 is 2.39 bits per heavy atom. The van der Waals surface area contributed by atoms with E-state index in [2.05, 4.69) is 5.32 Å². The highest BCUT2D eigenvalue weighted by molar-refractivity contribution is 7.87. The second-order valence-electron chi connectivity index (χ2n) is 6.73. The van der Waals surface area contributed by atoms with E-state index >= 15 is 0 Å². The number of nitrogens with one attached hydrogen (secondary N) is 1. The van der Waals surface area contributed by atoms with Gasteiger partial charge in [-0.25, -0.2) is 0 Å².